The van der Waals surface area contributed by atoms with E-state index in [1.165, 1.54) is 6.08 Å². The molecule has 0 heterocycles. The first-order chi connectivity index (χ1) is 21.8. The number of amides is 3. The SMILES string of the molecule is C=CCC(CC(=O)N(CCO)Cc1ccccc1)C(=O)NC1(COC(=O)C(CC=C)NC(=O)OCc2ccccc2)CCCC1. The van der Waals surface area contributed by atoms with E-state index in [0.29, 0.717) is 19.4 Å². The molecular formula is C35H45N3O7. The van der Waals surface area contributed by atoms with Crippen LogP contribution in [0.3, 0.4) is 0 Å². The smallest absolute Gasteiger partial charge is 0.408 e. The van der Waals surface area contributed by atoms with E-state index in [-0.39, 0.29) is 57.4 Å². The van der Waals surface area contributed by atoms with Gasteiger partial charge in [-0.25, -0.2) is 9.59 Å². The number of alkyl carbamates (subject to hydrolysis) is 1. The highest BCUT2D eigenvalue weighted by atomic mass is 16.6. The Labute approximate surface area is 265 Å². The number of esters is 1. The van der Waals surface area contributed by atoms with Crippen molar-refractivity contribution in [3.8, 4) is 0 Å². The first kappa shape index (κ1) is 35.0. The standard InChI is InChI=1S/C35H45N3O7/c1-3-13-29(23-31(40)38(21-22-39)24-27-15-7-5-8-16-27)32(41)37-35(19-11-12-20-35)26-45-33(42)30(14-4-2)36-34(43)44-25-28-17-9-6-10-18-28/h3-10,15-18,29-30,39H,1-2,11-14,19-26H2,(H,36,43)(H,37,41). The summed E-state index contributed by atoms with van der Waals surface area (Å²) >= 11 is 0. The molecule has 10 nitrogen and oxygen atoms in total. The third kappa shape index (κ3) is 11.5. The summed E-state index contributed by atoms with van der Waals surface area (Å²) in [6.07, 6.45) is 5.59. The molecule has 0 saturated heterocycles. The lowest BCUT2D eigenvalue weighted by Gasteiger charge is -2.32. The Morgan fingerprint density at radius 1 is 0.911 bits per heavy atom. The number of nitrogens with zero attached hydrogens (tertiary/aromatic N) is 1. The van der Waals surface area contributed by atoms with Gasteiger partial charge >= 0.3 is 12.1 Å². The number of carbonyl (C=O) groups is 4. The van der Waals surface area contributed by atoms with Crippen molar-refractivity contribution in [3.63, 3.8) is 0 Å². The van der Waals surface area contributed by atoms with Crippen LogP contribution in [0.15, 0.2) is 86.0 Å². The van der Waals surface area contributed by atoms with E-state index in [9.17, 15) is 24.3 Å². The highest BCUT2D eigenvalue weighted by Gasteiger charge is 2.39. The number of benzene rings is 2. The zero-order valence-corrected chi connectivity index (χ0v) is 25.8. The van der Waals surface area contributed by atoms with Gasteiger partial charge in [0.05, 0.1) is 18.1 Å². The van der Waals surface area contributed by atoms with Gasteiger partial charge in [-0.3, -0.25) is 9.59 Å². The van der Waals surface area contributed by atoms with Crippen molar-refractivity contribution < 1.29 is 33.8 Å². The number of nitrogens with one attached hydrogen (secondary N) is 2. The maximum Gasteiger partial charge on any atom is 0.408 e. The summed E-state index contributed by atoms with van der Waals surface area (Å²) in [5.41, 5.74) is 0.934. The highest BCUT2D eigenvalue weighted by molar-refractivity contribution is 5.86. The van der Waals surface area contributed by atoms with E-state index in [1.54, 1.807) is 11.0 Å². The average Bonchev–Trinajstić information content (AvgIpc) is 3.51. The molecule has 1 aliphatic carbocycles. The van der Waals surface area contributed by atoms with Crippen LogP contribution in [0.5, 0.6) is 0 Å². The lowest BCUT2D eigenvalue weighted by molar-refractivity contribution is -0.149. The normalized spacial score (nSPS) is 14.8. The zero-order valence-electron chi connectivity index (χ0n) is 25.8. The highest BCUT2D eigenvalue weighted by Crippen LogP contribution is 2.31. The molecule has 0 aromatic heterocycles. The Hall–Kier alpha value is -4.44. The molecule has 10 heteroatoms. The van der Waals surface area contributed by atoms with Gasteiger partial charge in [0.25, 0.3) is 0 Å². The summed E-state index contributed by atoms with van der Waals surface area (Å²) in [5, 5.41) is 15.2. The number of allylic oxidation sites excluding steroid dienone is 1. The molecule has 242 valence electrons. The fourth-order valence-corrected chi connectivity index (χ4v) is 5.36. The van der Waals surface area contributed by atoms with Crippen LogP contribution in [0.25, 0.3) is 0 Å². The number of hydrogen-bond acceptors (Lipinski definition) is 7. The Morgan fingerprint density at radius 2 is 1.53 bits per heavy atom. The zero-order chi connectivity index (χ0) is 32.5. The molecule has 1 aliphatic rings. The van der Waals surface area contributed by atoms with Crippen LogP contribution >= 0.6 is 0 Å². The van der Waals surface area contributed by atoms with Gasteiger partial charge in [0.15, 0.2) is 0 Å². The molecule has 2 atom stereocenters. The summed E-state index contributed by atoms with van der Waals surface area (Å²) in [6.45, 7) is 7.69. The van der Waals surface area contributed by atoms with Crippen LogP contribution in [0.2, 0.25) is 0 Å². The molecule has 45 heavy (non-hydrogen) atoms. The van der Waals surface area contributed by atoms with Crippen LogP contribution in [-0.4, -0.2) is 65.2 Å². The van der Waals surface area contributed by atoms with E-state index in [2.05, 4.69) is 23.8 Å². The average molecular weight is 620 g/mol. The number of rotatable bonds is 18. The Morgan fingerprint density at radius 3 is 2.13 bits per heavy atom. The summed E-state index contributed by atoms with van der Waals surface area (Å²) < 4.78 is 10.9. The molecular weight excluding hydrogens is 574 g/mol. The topological polar surface area (TPSA) is 134 Å². The van der Waals surface area contributed by atoms with Crippen molar-refractivity contribution in [2.24, 2.45) is 5.92 Å². The van der Waals surface area contributed by atoms with Crippen LogP contribution in [0.1, 0.15) is 56.1 Å². The van der Waals surface area contributed by atoms with E-state index in [4.69, 9.17) is 9.47 Å². The quantitative estimate of drug-likeness (QED) is 0.166. The summed E-state index contributed by atoms with van der Waals surface area (Å²) in [4.78, 5) is 53.9. The molecule has 1 saturated carbocycles. The van der Waals surface area contributed by atoms with Crippen molar-refractivity contribution in [1.82, 2.24) is 15.5 Å². The molecule has 2 unspecified atom stereocenters. The molecule has 0 radical (unpaired) electrons. The van der Waals surface area contributed by atoms with Crippen molar-refractivity contribution >= 4 is 23.9 Å². The van der Waals surface area contributed by atoms with Gasteiger partial charge in [0.1, 0.15) is 19.3 Å². The van der Waals surface area contributed by atoms with Crippen molar-refractivity contribution in [3.05, 3.63) is 97.1 Å². The Balaban J connectivity index is 1.60. The van der Waals surface area contributed by atoms with E-state index in [1.807, 2.05) is 60.7 Å². The van der Waals surface area contributed by atoms with Crippen molar-refractivity contribution in [1.29, 1.82) is 0 Å². The largest absolute Gasteiger partial charge is 0.462 e. The first-order valence-electron chi connectivity index (χ1n) is 15.4. The molecule has 2 aromatic carbocycles. The second kappa shape index (κ2) is 18.4. The fraction of sp³-hybridized carbons (Fsp3) is 0.429. The van der Waals surface area contributed by atoms with Gasteiger partial charge in [-0.15, -0.1) is 13.2 Å². The second-order valence-electron chi connectivity index (χ2n) is 11.3. The van der Waals surface area contributed by atoms with Gasteiger partial charge in [-0.2, -0.15) is 0 Å². The number of ether oxygens (including phenoxy) is 2. The molecule has 0 aliphatic heterocycles. The third-order valence-electron chi connectivity index (χ3n) is 7.81. The van der Waals surface area contributed by atoms with Crippen LogP contribution in [0, 0.1) is 5.92 Å². The number of aliphatic hydroxyl groups excluding tert-OH is 1. The predicted octanol–water partition coefficient (Wildman–Crippen LogP) is 4.43. The Bertz CT molecular complexity index is 1260. The van der Waals surface area contributed by atoms with Gasteiger partial charge in [0, 0.05) is 19.5 Å². The molecule has 3 rings (SSSR count). The first-order valence-corrected chi connectivity index (χ1v) is 15.4. The molecule has 1 fully saturated rings. The Kier molecular flexibility index (Phi) is 14.3. The minimum absolute atomic E-state index is 0.0517. The summed E-state index contributed by atoms with van der Waals surface area (Å²) in [7, 11) is 0. The van der Waals surface area contributed by atoms with Crippen molar-refractivity contribution in [2.45, 2.75) is 69.7 Å². The summed E-state index contributed by atoms with van der Waals surface area (Å²) in [6, 6.07) is 17.6. The van der Waals surface area contributed by atoms with Crippen LogP contribution in [0.4, 0.5) is 4.79 Å². The van der Waals surface area contributed by atoms with E-state index >= 15 is 0 Å². The molecule has 2 aromatic rings. The molecule has 0 bridgehead atoms. The van der Waals surface area contributed by atoms with Crippen LogP contribution < -0.4 is 10.6 Å². The maximum absolute atomic E-state index is 13.6. The summed E-state index contributed by atoms with van der Waals surface area (Å²) in [5.74, 6) is -1.92. The monoisotopic (exact) mass is 619 g/mol. The van der Waals surface area contributed by atoms with Gasteiger partial charge in [0.2, 0.25) is 11.8 Å². The molecule has 3 amide bonds. The van der Waals surface area contributed by atoms with Gasteiger partial charge < -0.3 is 30.1 Å². The van der Waals surface area contributed by atoms with Gasteiger partial charge in [-0.1, -0.05) is 85.7 Å². The minimum Gasteiger partial charge on any atom is -0.462 e. The predicted molar refractivity (Wildman–Crippen MR) is 171 cm³/mol. The lowest BCUT2D eigenvalue weighted by Crippen LogP contribution is -2.53. The number of hydrogen-bond donors (Lipinski definition) is 3. The minimum atomic E-state index is -1.01. The molecule has 3 N–H and O–H groups in total. The van der Waals surface area contributed by atoms with E-state index < -0.39 is 29.6 Å². The number of carbonyl (C=O) groups excluding carboxylic acids is 4. The molecule has 0 spiro atoms. The second-order valence-corrected chi connectivity index (χ2v) is 11.3. The lowest BCUT2D eigenvalue weighted by atomic mass is 9.94. The maximum atomic E-state index is 13.6. The van der Waals surface area contributed by atoms with Crippen LogP contribution in [-0.2, 0) is 37.0 Å². The third-order valence-corrected chi connectivity index (χ3v) is 7.81. The van der Waals surface area contributed by atoms with E-state index in [0.717, 1.165) is 24.0 Å². The fourth-order valence-electron chi connectivity index (χ4n) is 5.36. The van der Waals surface area contributed by atoms with Gasteiger partial charge in [-0.05, 0) is 36.8 Å². The van der Waals surface area contributed by atoms with Crippen molar-refractivity contribution in [2.75, 3.05) is 19.8 Å². The number of aliphatic hydroxyl groups is 1.